The predicted octanol–water partition coefficient (Wildman–Crippen LogP) is 18.2. The number of aliphatic hydroxyl groups is 1. The number of aldehydes is 2. The molecule has 562 valence electrons. The number of halogens is 2. The van der Waals surface area contributed by atoms with Crippen molar-refractivity contribution in [3.8, 4) is 0 Å². The van der Waals surface area contributed by atoms with Gasteiger partial charge < -0.3 is 78.3 Å². The Kier molecular flexibility index (Phi) is 61.9. The van der Waals surface area contributed by atoms with Crippen molar-refractivity contribution in [2.45, 2.75) is 291 Å². The molecule has 0 saturated heterocycles. The molecular formula is C76H144Br2MgN2O11SSi4. The number of hydrogen-bond donors (Lipinski definition) is 3. The smallest absolute Gasteiger partial charge is 1.00 e. The number of H-pyrrole nitrogens is 2. The molecule has 0 bridgehead atoms. The third-order valence-corrected chi connectivity index (χ3v) is 36.9. The van der Waals surface area contributed by atoms with Gasteiger partial charge in [0.1, 0.15) is 12.6 Å². The second-order valence-corrected chi connectivity index (χ2v) is 51.5. The molecule has 0 spiro atoms. The number of imidazole rings is 1. The third kappa shape index (κ3) is 55.9. The fourth-order valence-corrected chi connectivity index (χ4v) is 11.5. The minimum absolute atomic E-state index is 0. The van der Waals surface area contributed by atoms with Gasteiger partial charge in [0.25, 0.3) is 0 Å². The number of alkyl halides is 1. The molecule has 4 heterocycles. The molecule has 3 N–H and O–H groups in total. The van der Waals surface area contributed by atoms with Crippen molar-refractivity contribution in [3.63, 3.8) is 0 Å². The summed E-state index contributed by atoms with van der Waals surface area (Å²) in [6, 6.07) is 0. The van der Waals surface area contributed by atoms with E-state index in [4.69, 9.17) is 48.9 Å². The number of hydrogen-bond acceptors (Lipinski definition) is 12. The fourth-order valence-electron chi connectivity index (χ4n) is 7.06. The van der Waals surface area contributed by atoms with Gasteiger partial charge >= 0.3 is 23.1 Å². The number of rotatable bonds is 28. The van der Waals surface area contributed by atoms with E-state index in [-0.39, 0.29) is 73.5 Å². The van der Waals surface area contributed by atoms with E-state index in [1.54, 1.807) is 6.08 Å². The van der Waals surface area contributed by atoms with Crippen molar-refractivity contribution in [2.75, 3.05) is 58.2 Å². The summed E-state index contributed by atoms with van der Waals surface area (Å²) in [5.41, 5.74) is 7.29. The Labute approximate surface area is 640 Å². The predicted molar refractivity (Wildman–Crippen MR) is 432 cm³/mol. The molecule has 0 amide bonds. The van der Waals surface area contributed by atoms with E-state index in [2.05, 4.69) is 233 Å². The SMILES string of the molecule is C=C(C)CBr.C=CCC(CCO[Si](C)(C)C(C)(C)C)OCC(=C)C.C=CCC(O)CCO[Si](C)(C)C(C)(C)C.C=C[CH2-].CC(C)(C)[Si](C)(C)OCCC=O.CC1=CCC(CC=O)OC1.CC1=CCC(CCO[Si](C)(C)C(C)(C)C)OC1.CC1=CCC(Cc2c[nH]c(=S)[nH]2)OC1.[Br-].[Mg+2]. The molecule has 3 aliphatic rings. The minimum atomic E-state index is -1.64. The second kappa shape index (κ2) is 56.2. The van der Waals surface area contributed by atoms with E-state index in [0.29, 0.717) is 74.1 Å². The molecule has 97 heavy (non-hydrogen) atoms. The number of ether oxygens (including phenoxy) is 4. The summed E-state index contributed by atoms with van der Waals surface area (Å²) in [5, 5.41) is 11.5. The van der Waals surface area contributed by atoms with Gasteiger partial charge in [-0.1, -0.05) is 170 Å². The number of carbonyl (C=O) groups excluding carboxylic acids is 2. The second-order valence-electron chi connectivity index (χ2n) is 31.3. The zero-order valence-electron chi connectivity index (χ0n) is 66.4. The molecule has 0 aliphatic carbocycles. The van der Waals surface area contributed by atoms with Gasteiger partial charge in [-0.25, -0.2) is 19.6 Å². The van der Waals surface area contributed by atoms with Crippen molar-refractivity contribution >= 4 is 97.0 Å². The summed E-state index contributed by atoms with van der Waals surface area (Å²) >= 11 is 8.17. The minimum Gasteiger partial charge on any atom is -1.00 e. The Morgan fingerprint density at radius 3 is 1.34 bits per heavy atom. The molecule has 1 aromatic rings. The maximum Gasteiger partial charge on any atom is 2.00 e. The summed E-state index contributed by atoms with van der Waals surface area (Å²) < 4.78 is 47.3. The largest absolute Gasteiger partial charge is 2.00 e. The molecule has 21 heteroatoms. The van der Waals surface area contributed by atoms with Crippen LogP contribution in [0, 0.1) is 11.7 Å². The third-order valence-electron chi connectivity index (χ3n) is 17.6. The van der Waals surface area contributed by atoms with Crippen LogP contribution in [0.1, 0.15) is 188 Å². The van der Waals surface area contributed by atoms with E-state index < -0.39 is 33.3 Å². The van der Waals surface area contributed by atoms with E-state index in [9.17, 15) is 14.7 Å². The maximum absolute atomic E-state index is 10.1. The summed E-state index contributed by atoms with van der Waals surface area (Å²) in [7, 11) is -6.44. The van der Waals surface area contributed by atoms with Gasteiger partial charge in [-0.2, -0.15) is 0 Å². The molecule has 1 aromatic heterocycles. The summed E-state index contributed by atoms with van der Waals surface area (Å²) in [6.45, 7) is 82.2. The van der Waals surface area contributed by atoms with Crippen LogP contribution in [-0.2, 0) is 52.7 Å². The molecular weight excluding hydrogens is 1450 g/mol. The first kappa shape index (κ1) is 107. The fraction of sp³-hybridized carbons (Fsp3) is 0.711. The molecule has 0 radical (unpaired) electrons. The quantitative estimate of drug-likeness (QED) is 0.0139. The van der Waals surface area contributed by atoms with Gasteiger partial charge in [0.2, 0.25) is 0 Å². The maximum atomic E-state index is 10.1. The van der Waals surface area contributed by atoms with Gasteiger partial charge in [-0.3, -0.25) is 0 Å². The summed E-state index contributed by atoms with van der Waals surface area (Å²) in [6.07, 6.45) is 25.3. The Morgan fingerprint density at radius 1 is 0.649 bits per heavy atom. The van der Waals surface area contributed by atoms with Crippen molar-refractivity contribution < 1.29 is 68.3 Å². The Bertz CT molecular complexity index is 2440. The molecule has 5 unspecified atom stereocenters. The average Bonchev–Trinajstić information content (AvgIpc) is 1.47. The monoisotopic (exact) mass is 1590 g/mol. The van der Waals surface area contributed by atoms with Crippen LogP contribution in [0.25, 0.3) is 0 Å². The Morgan fingerprint density at radius 2 is 1.02 bits per heavy atom. The molecule has 0 fully saturated rings. The first-order chi connectivity index (χ1) is 43.6. The first-order valence-electron chi connectivity index (χ1n) is 34.4. The van der Waals surface area contributed by atoms with Crippen LogP contribution < -0.4 is 17.0 Å². The van der Waals surface area contributed by atoms with Crippen LogP contribution in [0.3, 0.4) is 0 Å². The zero-order valence-corrected chi connectivity index (χ0v) is 75.8. The van der Waals surface area contributed by atoms with Gasteiger partial charge in [-0.05, 0) is 171 Å². The van der Waals surface area contributed by atoms with Crippen LogP contribution in [0.4, 0.5) is 0 Å². The number of nitrogens with one attached hydrogen (secondary N) is 2. The zero-order chi connectivity index (χ0) is 74.5. The van der Waals surface area contributed by atoms with Crippen molar-refractivity contribution in [1.82, 2.24) is 9.97 Å². The van der Waals surface area contributed by atoms with Gasteiger partial charge in [-0.15, -0.1) is 13.2 Å². The van der Waals surface area contributed by atoms with E-state index in [1.807, 2.05) is 33.0 Å². The molecule has 0 aromatic carbocycles. The topological polar surface area (TPSA) is 160 Å². The van der Waals surface area contributed by atoms with Crippen LogP contribution in [0.2, 0.25) is 72.5 Å². The van der Waals surface area contributed by atoms with Crippen LogP contribution in [0.5, 0.6) is 0 Å². The number of allylic oxidation sites excluding steroid dienone is 2. The summed E-state index contributed by atoms with van der Waals surface area (Å²) in [4.78, 5) is 26.2. The standard InChI is InChI=1S/C16H32O2Si.C14H28O2Si.C12H26O2Si.C10H14N2OS.C9H20O2Si.C8H12O2.C4H7Br.C3H5.BrH.Mg/c1-9-10-15(17-13-14(2)3)11-12-18-19(7,8)16(4,5)6;1-12-7-8-13(15-11-12)9-10-16-17(5,6)14(2,3)4;1-7-8-11(13)9-10-14-15(5,6)12(2,3)4;1-7-2-3-9(13-6-7)4-8-5-11-10(14)12-8;1-9(2,3)12(4,5)11-8-6-7-10;1-7-2-3-8(4-5-9)10-6-7;1-4(2)3-5;1-3-2;;/h9,15H,1-2,10-13H2,3-8H3;7,13H,8-11H2,1-6H3;7,11,13H,1,8-10H2,2-6H3;2,5,9H,3-4,6H2,1H3,(H2,11,12,14);7H,6,8H2,1-5H3;2,5,8H,3-4,6H2,1H3;1,3H2,2H3;3H,1-2H2;1H;/q;;;;;;;-1;;+2/p-1. The van der Waals surface area contributed by atoms with E-state index in [0.717, 1.165) is 101 Å². The molecule has 4 rings (SSSR count). The number of carbonyl (C=O) groups is 2. The Balaban J connectivity index is -0.000000251. The van der Waals surface area contributed by atoms with Crippen molar-refractivity contribution in [2.24, 2.45) is 0 Å². The van der Waals surface area contributed by atoms with Crippen LogP contribution in [-0.4, -0.2) is 173 Å². The number of aromatic nitrogens is 2. The van der Waals surface area contributed by atoms with Gasteiger partial charge in [0, 0.05) is 62.9 Å². The Hall–Kier alpha value is -1.21. The van der Waals surface area contributed by atoms with E-state index in [1.165, 1.54) is 28.4 Å². The van der Waals surface area contributed by atoms with Crippen molar-refractivity contribution in [1.29, 1.82) is 0 Å². The molecule has 3 aliphatic heterocycles. The van der Waals surface area contributed by atoms with Gasteiger partial charge in [0.05, 0.1) is 56.9 Å². The first-order valence-corrected chi connectivity index (χ1v) is 47.5. The van der Waals surface area contributed by atoms with Crippen LogP contribution in [0.15, 0.2) is 103 Å². The summed E-state index contributed by atoms with van der Waals surface area (Å²) in [5.74, 6) is 0. The molecule has 0 saturated carbocycles. The molecule has 5 atom stereocenters. The van der Waals surface area contributed by atoms with Gasteiger partial charge in [0.15, 0.2) is 38.0 Å². The van der Waals surface area contributed by atoms with Crippen molar-refractivity contribution in [3.05, 3.63) is 121 Å². The normalized spacial score (nSPS) is 17.0. The average molecular weight is 1590 g/mol. The van der Waals surface area contributed by atoms with Crippen LogP contribution >= 0.6 is 28.1 Å². The number of aliphatic hydroxyl groups excluding tert-OH is 1. The number of aromatic amines is 2. The van der Waals surface area contributed by atoms with E-state index >= 15 is 0 Å². The molecule has 13 nitrogen and oxygen atoms in total.